The summed E-state index contributed by atoms with van der Waals surface area (Å²) in [4.78, 5) is 24.9. The third-order valence-electron chi connectivity index (χ3n) is 3.86. The van der Waals surface area contributed by atoms with Crippen molar-refractivity contribution in [3.63, 3.8) is 0 Å². The molecule has 0 aromatic heterocycles. The molecule has 3 aromatic carbocycles. The van der Waals surface area contributed by atoms with Crippen LogP contribution in [-0.4, -0.2) is 18.9 Å². The summed E-state index contributed by atoms with van der Waals surface area (Å²) in [6.07, 6.45) is 0. The van der Waals surface area contributed by atoms with Gasteiger partial charge in [-0.3, -0.25) is 4.79 Å². The minimum absolute atomic E-state index is 0.161. The lowest BCUT2D eigenvalue weighted by Crippen LogP contribution is -2.09. The van der Waals surface area contributed by atoms with E-state index < -0.39 is 5.97 Å². The molecule has 0 fully saturated rings. The van der Waals surface area contributed by atoms with Crippen LogP contribution in [0, 0.1) is 0 Å². The number of para-hydroxylation sites is 1. The van der Waals surface area contributed by atoms with E-state index in [0.29, 0.717) is 33.1 Å². The highest BCUT2D eigenvalue weighted by atomic mass is 35.5. The molecule has 0 radical (unpaired) electrons. The van der Waals surface area contributed by atoms with E-state index in [1.54, 1.807) is 66.7 Å². The van der Waals surface area contributed by atoms with Crippen molar-refractivity contribution in [3.8, 4) is 0 Å². The highest BCUT2D eigenvalue weighted by molar-refractivity contribution is 6.31. The number of carbonyl (C=O) groups is 2. The predicted octanol–water partition coefficient (Wildman–Crippen LogP) is 5.10. The number of esters is 1. The smallest absolute Gasteiger partial charge is 0.339 e. The number of nitrogens with one attached hydrogen (secondary N) is 1. The molecule has 130 valence electrons. The Hall–Kier alpha value is -3.11. The molecule has 4 nitrogen and oxygen atoms in total. The first-order valence-electron chi connectivity index (χ1n) is 7.94. The van der Waals surface area contributed by atoms with E-state index in [1.807, 2.05) is 6.07 Å². The molecular formula is C21H16ClNO3. The SMILES string of the molecule is COC(=O)c1ccccc1Nc1ccc(Cl)cc1C(=O)c1ccccc1. The standard InChI is InChI=1S/C21H16ClNO3/c1-26-21(25)16-9-5-6-10-18(16)23-19-12-11-15(22)13-17(19)20(24)14-7-3-2-4-8-14/h2-13,23H,1H3. The molecule has 0 aliphatic rings. The van der Waals surface area contributed by atoms with Gasteiger partial charge < -0.3 is 10.1 Å². The minimum Gasteiger partial charge on any atom is -0.465 e. The summed E-state index contributed by atoms with van der Waals surface area (Å²) in [5.74, 6) is -0.621. The third kappa shape index (κ3) is 3.76. The number of ether oxygens (including phenoxy) is 1. The molecule has 0 aliphatic heterocycles. The molecule has 0 heterocycles. The summed E-state index contributed by atoms with van der Waals surface area (Å²) in [5.41, 5.74) is 2.45. The van der Waals surface area contributed by atoms with E-state index in [4.69, 9.17) is 16.3 Å². The van der Waals surface area contributed by atoms with Gasteiger partial charge in [-0.2, -0.15) is 0 Å². The monoisotopic (exact) mass is 365 g/mol. The van der Waals surface area contributed by atoms with E-state index in [9.17, 15) is 9.59 Å². The normalized spacial score (nSPS) is 10.2. The number of anilines is 2. The Morgan fingerprint density at radius 2 is 1.50 bits per heavy atom. The van der Waals surface area contributed by atoms with E-state index in [-0.39, 0.29) is 5.78 Å². The Balaban J connectivity index is 2.03. The van der Waals surface area contributed by atoms with Crippen LogP contribution in [-0.2, 0) is 4.74 Å². The van der Waals surface area contributed by atoms with Crippen molar-refractivity contribution in [1.82, 2.24) is 0 Å². The van der Waals surface area contributed by atoms with Crippen molar-refractivity contribution >= 4 is 34.7 Å². The maximum Gasteiger partial charge on any atom is 0.339 e. The molecule has 5 heteroatoms. The number of hydrogen-bond acceptors (Lipinski definition) is 4. The van der Waals surface area contributed by atoms with Crippen LogP contribution in [0.5, 0.6) is 0 Å². The Morgan fingerprint density at radius 3 is 2.23 bits per heavy atom. The zero-order valence-corrected chi connectivity index (χ0v) is 14.8. The van der Waals surface area contributed by atoms with Crippen LogP contribution in [0.15, 0.2) is 72.8 Å². The minimum atomic E-state index is -0.460. The molecule has 1 N–H and O–H groups in total. The van der Waals surface area contributed by atoms with E-state index in [2.05, 4.69) is 5.32 Å². The van der Waals surface area contributed by atoms with Gasteiger partial charge >= 0.3 is 5.97 Å². The second kappa shape index (κ2) is 7.85. The van der Waals surface area contributed by atoms with Crippen molar-refractivity contribution in [2.75, 3.05) is 12.4 Å². The first-order chi connectivity index (χ1) is 12.6. The molecule has 0 saturated carbocycles. The van der Waals surface area contributed by atoms with Gasteiger partial charge in [-0.15, -0.1) is 0 Å². The van der Waals surface area contributed by atoms with Crippen LogP contribution in [0.1, 0.15) is 26.3 Å². The zero-order valence-electron chi connectivity index (χ0n) is 14.0. The number of rotatable bonds is 5. The first kappa shape index (κ1) is 17.7. The van der Waals surface area contributed by atoms with Crippen molar-refractivity contribution in [3.05, 3.63) is 94.5 Å². The summed E-state index contributed by atoms with van der Waals surface area (Å²) in [7, 11) is 1.33. The van der Waals surface area contributed by atoms with Gasteiger partial charge in [0.2, 0.25) is 0 Å². The average Bonchev–Trinajstić information content (AvgIpc) is 2.69. The van der Waals surface area contributed by atoms with E-state index in [0.717, 1.165) is 0 Å². The second-order valence-electron chi connectivity index (χ2n) is 5.55. The number of halogens is 1. The molecule has 0 spiro atoms. The molecular weight excluding hydrogens is 350 g/mol. The molecule has 26 heavy (non-hydrogen) atoms. The Bertz CT molecular complexity index is 954. The van der Waals surface area contributed by atoms with Crippen molar-refractivity contribution in [1.29, 1.82) is 0 Å². The van der Waals surface area contributed by atoms with Crippen LogP contribution in [0.25, 0.3) is 0 Å². The highest BCUT2D eigenvalue weighted by Crippen LogP contribution is 2.28. The van der Waals surface area contributed by atoms with Crippen LogP contribution >= 0.6 is 11.6 Å². The predicted molar refractivity (Wildman–Crippen MR) is 102 cm³/mol. The van der Waals surface area contributed by atoms with Gasteiger partial charge in [-0.1, -0.05) is 54.1 Å². The van der Waals surface area contributed by atoms with Gasteiger partial charge in [0.05, 0.1) is 18.4 Å². The fourth-order valence-electron chi connectivity index (χ4n) is 2.58. The summed E-state index contributed by atoms with van der Waals surface area (Å²) in [6.45, 7) is 0. The fourth-order valence-corrected chi connectivity index (χ4v) is 2.76. The van der Waals surface area contributed by atoms with E-state index >= 15 is 0 Å². The fraction of sp³-hybridized carbons (Fsp3) is 0.0476. The number of methoxy groups -OCH3 is 1. The Labute approximate surface area is 156 Å². The molecule has 0 saturated heterocycles. The maximum absolute atomic E-state index is 12.9. The Morgan fingerprint density at radius 1 is 0.846 bits per heavy atom. The summed E-state index contributed by atoms with van der Waals surface area (Å²) >= 11 is 6.10. The first-order valence-corrected chi connectivity index (χ1v) is 8.31. The van der Waals surface area contributed by atoms with E-state index in [1.165, 1.54) is 7.11 Å². The molecule has 0 unspecified atom stereocenters. The Kier molecular flexibility index (Phi) is 5.34. The highest BCUT2D eigenvalue weighted by Gasteiger charge is 2.17. The van der Waals surface area contributed by atoms with Crippen molar-refractivity contribution in [2.24, 2.45) is 0 Å². The maximum atomic E-state index is 12.9. The lowest BCUT2D eigenvalue weighted by Gasteiger charge is -2.14. The van der Waals surface area contributed by atoms with Crippen LogP contribution in [0.3, 0.4) is 0 Å². The molecule has 0 aliphatic carbocycles. The summed E-state index contributed by atoms with van der Waals surface area (Å²) < 4.78 is 4.81. The summed E-state index contributed by atoms with van der Waals surface area (Å²) in [5, 5.41) is 3.61. The van der Waals surface area contributed by atoms with Crippen molar-refractivity contribution < 1.29 is 14.3 Å². The van der Waals surface area contributed by atoms with Gasteiger partial charge in [-0.25, -0.2) is 4.79 Å². The van der Waals surface area contributed by atoms with Gasteiger partial charge in [0.1, 0.15) is 0 Å². The third-order valence-corrected chi connectivity index (χ3v) is 4.10. The quantitative estimate of drug-likeness (QED) is 0.504. The lowest BCUT2D eigenvalue weighted by molar-refractivity contribution is 0.0602. The van der Waals surface area contributed by atoms with Crippen LogP contribution < -0.4 is 5.32 Å². The largest absolute Gasteiger partial charge is 0.465 e. The van der Waals surface area contributed by atoms with Gasteiger partial charge in [0, 0.05) is 21.8 Å². The molecule has 0 bridgehead atoms. The number of carbonyl (C=O) groups excluding carboxylic acids is 2. The van der Waals surface area contributed by atoms with Crippen molar-refractivity contribution in [2.45, 2.75) is 0 Å². The van der Waals surface area contributed by atoms with Crippen LogP contribution in [0.2, 0.25) is 5.02 Å². The lowest BCUT2D eigenvalue weighted by atomic mass is 10.0. The summed E-state index contributed by atoms with van der Waals surface area (Å²) in [6, 6.07) is 20.9. The average molecular weight is 366 g/mol. The van der Waals surface area contributed by atoms with Gasteiger partial charge in [-0.05, 0) is 30.3 Å². The number of ketones is 1. The molecule has 3 rings (SSSR count). The topological polar surface area (TPSA) is 55.4 Å². The number of benzene rings is 3. The zero-order chi connectivity index (χ0) is 18.5. The number of hydrogen-bond donors (Lipinski definition) is 1. The van der Waals surface area contributed by atoms with Gasteiger partial charge in [0.15, 0.2) is 5.78 Å². The van der Waals surface area contributed by atoms with Crippen LogP contribution in [0.4, 0.5) is 11.4 Å². The molecule has 0 amide bonds. The van der Waals surface area contributed by atoms with Gasteiger partial charge in [0.25, 0.3) is 0 Å². The molecule has 0 atom stereocenters. The molecule has 3 aromatic rings. The second-order valence-corrected chi connectivity index (χ2v) is 5.98.